The first-order valence-corrected chi connectivity index (χ1v) is 9.03. The van der Waals surface area contributed by atoms with E-state index in [1.165, 1.54) is 34.8 Å². The van der Waals surface area contributed by atoms with Gasteiger partial charge in [-0.2, -0.15) is 0 Å². The quantitative estimate of drug-likeness (QED) is 0.511. The molecular weight excluding hydrogens is 340 g/mol. The number of rotatable bonds is 4. The Bertz CT molecular complexity index is 793. The van der Waals surface area contributed by atoms with Crippen LogP contribution in [0.5, 0.6) is 0 Å². The smallest absolute Gasteiger partial charge is 0.270 e. The summed E-state index contributed by atoms with van der Waals surface area (Å²) >= 11 is 1.51. The number of carbonyl (C=O) groups excluding carboxylic acids is 1. The largest absolute Gasteiger partial charge is 0.377 e. The summed E-state index contributed by atoms with van der Waals surface area (Å²) in [6, 6.07) is 4.30. The van der Waals surface area contributed by atoms with Gasteiger partial charge in [-0.05, 0) is 31.7 Å². The fourth-order valence-electron chi connectivity index (χ4n) is 2.96. The lowest BCUT2D eigenvalue weighted by molar-refractivity contribution is -0.384. The second kappa shape index (κ2) is 7.18. The molecule has 25 heavy (non-hydrogen) atoms. The van der Waals surface area contributed by atoms with Crippen molar-refractivity contribution < 1.29 is 9.72 Å². The second-order valence-corrected chi connectivity index (χ2v) is 7.34. The summed E-state index contributed by atoms with van der Waals surface area (Å²) in [5.41, 5.74) is 1.86. The molecule has 0 saturated heterocycles. The minimum absolute atomic E-state index is 0.106. The Balaban J connectivity index is 1.88. The highest BCUT2D eigenvalue weighted by molar-refractivity contribution is 7.15. The van der Waals surface area contributed by atoms with E-state index >= 15 is 0 Å². The fourth-order valence-corrected chi connectivity index (χ4v) is 4.00. The summed E-state index contributed by atoms with van der Waals surface area (Å²) in [6.07, 6.45) is 5.44. The number of amides is 1. The molecule has 0 spiro atoms. The molecule has 0 saturated carbocycles. The van der Waals surface area contributed by atoms with E-state index in [-0.39, 0.29) is 17.2 Å². The molecule has 1 aliphatic rings. The number of benzene rings is 1. The highest BCUT2D eigenvalue weighted by atomic mass is 32.1. The van der Waals surface area contributed by atoms with Crippen LogP contribution in [0.2, 0.25) is 0 Å². The van der Waals surface area contributed by atoms with Gasteiger partial charge in [0.25, 0.3) is 11.6 Å². The Morgan fingerprint density at radius 2 is 2.04 bits per heavy atom. The van der Waals surface area contributed by atoms with Crippen LogP contribution in [-0.4, -0.2) is 29.9 Å². The molecule has 1 amide bonds. The fraction of sp³-hybridized carbons (Fsp3) is 0.412. The van der Waals surface area contributed by atoms with E-state index in [1.54, 1.807) is 25.1 Å². The van der Waals surface area contributed by atoms with E-state index in [0.717, 1.165) is 31.4 Å². The zero-order chi connectivity index (χ0) is 18.0. The topological polar surface area (TPSA) is 88.4 Å². The summed E-state index contributed by atoms with van der Waals surface area (Å²) < 4.78 is 0. The zero-order valence-electron chi connectivity index (χ0n) is 14.2. The summed E-state index contributed by atoms with van der Waals surface area (Å²) in [4.78, 5) is 30.8. The number of aromatic nitrogens is 1. The van der Waals surface area contributed by atoms with E-state index in [0.29, 0.717) is 10.8 Å². The van der Waals surface area contributed by atoms with Gasteiger partial charge in [-0.3, -0.25) is 20.2 Å². The molecule has 1 aromatic carbocycles. The van der Waals surface area contributed by atoms with Crippen molar-refractivity contribution in [1.29, 1.82) is 0 Å². The minimum atomic E-state index is -0.498. The average molecular weight is 360 g/mol. The lowest BCUT2D eigenvalue weighted by Gasteiger charge is -2.16. The number of nitrogens with zero attached hydrogens (tertiary/aromatic N) is 3. The molecule has 0 unspecified atom stereocenters. The van der Waals surface area contributed by atoms with Crippen LogP contribution >= 0.6 is 11.3 Å². The molecule has 0 fully saturated rings. The van der Waals surface area contributed by atoms with Crippen LogP contribution in [0, 0.1) is 10.1 Å². The maximum Gasteiger partial charge on any atom is 0.270 e. The van der Waals surface area contributed by atoms with Gasteiger partial charge in [-0.1, -0.05) is 6.42 Å². The summed E-state index contributed by atoms with van der Waals surface area (Å²) in [7, 11) is 3.59. The van der Waals surface area contributed by atoms with E-state index in [4.69, 9.17) is 0 Å². The molecule has 0 aliphatic heterocycles. The maximum atomic E-state index is 12.7. The predicted molar refractivity (Wildman–Crippen MR) is 98.7 cm³/mol. The molecule has 0 bridgehead atoms. The summed E-state index contributed by atoms with van der Waals surface area (Å²) in [5, 5.41) is 14.4. The van der Waals surface area contributed by atoms with E-state index in [1.807, 2.05) is 0 Å². The van der Waals surface area contributed by atoms with Gasteiger partial charge in [0, 0.05) is 36.8 Å². The number of aryl methyl sites for hydroxylation is 2. The van der Waals surface area contributed by atoms with Crippen molar-refractivity contribution in [2.24, 2.45) is 0 Å². The lowest BCUT2D eigenvalue weighted by Crippen LogP contribution is -2.18. The number of anilines is 2. The molecule has 7 nitrogen and oxygen atoms in total. The maximum absolute atomic E-state index is 12.7. The van der Waals surface area contributed by atoms with Crippen molar-refractivity contribution >= 4 is 33.8 Å². The Morgan fingerprint density at radius 1 is 1.28 bits per heavy atom. The van der Waals surface area contributed by atoms with Gasteiger partial charge in [0.1, 0.15) is 0 Å². The van der Waals surface area contributed by atoms with E-state index < -0.39 is 4.92 Å². The van der Waals surface area contributed by atoms with E-state index in [9.17, 15) is 14.9 Å². The first kappa shape index (κ1) is 17.3. The number of nitro groups is 1. The Hall–Kier alpha value is -2.48. The molecule has 1 aromatic heterocycles. The lowest BCUT2D eigenvalue weighted by atomic mass is 10.1. The third-order valence-electron chi connectivity index (χ3n) is 4.23. The number of hydrogen-bond acceptors (Lipinski definition) is 6. The molecular formula is C17H20N4O3S. The predicted octanol–water partition coefficient (Wildman–Crippen LogP) is 3.64. The first-order chi connectivity index (χ1) is 12.0. The van der Waals surface area contributed by atoms with Gasteiger partial charge in [0.15, 0.2) is 5.13 Å². The van der Waals surface area contributed by atoms with Crippen molar-refractivity contribution in [3.8, 4) is 0 Å². The molecule has 3 rings (SSSR count). The van der Waals surface area contributed by atoms with Crippen molar-refractivity contribution in [2.75, 3.05) is 24.3 Å². The number of non-ortho nitro benzene ring substituents is 1. The molecule has 2 aromatic rings. The number of thiazole rings is 1. The minimum Gasteiger partial charge on any atom is -0.377 e. The summed E-state index contributed by atoms with van der Waals surface area (Å²) in [5.74, 6) is -0.378. The monoisotopic (exact) mass is 360 g/mol. The first-order valence-electron chi connectivity index (χ1n) is 8.21. The highest BCUT2D eigenvalue weighted by Gasteiger charge is 2.20. The van der Waals surface area contributed by atoms with Gasteiger partial charge >= 0.3 is 0 Å². The SMILES string of the molecule is CN(C)c1ccc([N+](=O)[O-])cc1C(=O)Nc1nc2c(s1)CCCCC2. The standard InChI is InChI=1S/C17H20N4O3S/c1-20(2)14-9-8-11(21(23)24)10-12(14)16(22)19-17-18-13-6-4-3-5-7-15(13)25-17/h8-10H,3-7H2,1-2H3,(H,18,19,22). The number of carbonyl (C=O) groups is 1. The van der Waals surface area contributed by atoms with Crippen LogP contribution < -0.4 is 10.2 Å². The summed E-state index contributed by atoms with van der Waals surface area (Å²) in [6.45, 7) is 0. The Kier molecular flexibility index (Phi) is 4.98. The zero-order valence-corrected chi connectivity index (χ0v) is 15.1. The third-order valence-corrected chi connectivity index (χ3v) is 5.31. The van der Waals surface area contributed by atoms with Crippen LogP contribution in [0.1, 0.15) is 40.2 Å². The Labute approximate surface area is 149 Å². The van der Waals surface area contributed by atoms with Gasteiger partial charge in [-0.15, -0.1) is 11.3 Å². The van der Waals surface area contributed by atoms with Gasteiger partial charge in [0.05, 0.1) is 16.2 Å². The van der Waals surface area contributed by atoms with Crippen molar-refractivity contribution in [3.63, 3.8) is 0 Å². The average Bonchev–Trinajstić information content (AvgIpc) is 2.82. The molecule has 1 aliphatic carbocycles. The molecule has 0 radical (unpaired) electrons. The van der Waals surface area contributed by atoms with Crippen LogP contribution in [0.15, 0.2) is 18.2 Å². The van der Waals surface area contributed by atoms with Crippen LogP contribution in [0.3, 0.4) is 0 Å². The second-order valence-electron chi connectivity index (χ2n) is 6.26. The van der Waals surface area contributed by atoms with Crippen molar-refractivity contribution in [1.82, 2.24) is 4.98 Å². The van der Waals surface area contributed by atoms with Gasteiger partial charge < -0.3 is 4.90 Å². The van der Waals surface area contributed by atoms with Gasteiger partial charge in [-0.25, -0.2) is 4.98 Å². The third kappa shape index (κ3) is 3.79. The van der Waals surface area contributed by atoms with Crippen LogP contribution in [-0.2, 0) is 12.8 Å². The van der Waals surface area contributed by atoms with Gasteiger partial charge in [0.2, 0.25) is 0 Å². The number of fused-ring (bicyclic) bond motifs is 1. The normalized spacial score (nSPS) is 13.7. The van der Waals surface area contributed by atoms with Crippen LogP contribution in [0.25, 0.3) is 0 Å². The number of nitrogens with one attached hydrogen (secondary N) is 1. The van der Waals surface area contributed by atoms with Crippen molar-refractivity contribution in [3.05, 3.63) is 44.4 Å². The molecule has 8 heteroatoms. The molecule has 0 atom stereocenters. The molecule has 1 heterocycles. The van der Waals surface area contributed by atoms with Crippen LogP contribution in [0.4, 0.5) is 16.5 Å². The van der Waals surface area contributed by atoms with E-state index in [2.05, 4.69) is 10.3 Å². The number of hydrogen-bond donors (Lipinski definition) is 1. The Morgan fingerprint density at radius 3 is 2.76 bits per heavy atom. The molecule has 132 valence electrons. The van der Waals surface area contributed by atoms with Crippen molar-refractivity contribution in [2.45, 2.75) is 32.1 Å². The molecule has 1 N–H and O–H groups in total. The number of nitro benzene ring substituents is 1. The highest BCUT2D eigenvalue weighted by Crippen LogP contribution is 2.30.